The first-order valence-corrected chi connectivity index (χ1v) is 14.2. The van der Waals surface area contributed by atoms with Crippen molar-refractivity contribution in [3.63, 3.8) is 0 Å². The fourth-order valence-electron chi connectivity index (χ4n) is 6.40. The average Bonchev–Trinajstić information content (AvgIpc) is 3.56. The van der Waals surface area contributed by atoms with Crippen LogP contribution in [0.3, 0.4) is 0 Å². The Morgan fingerprint density at radius 1 is 1.15 bits per heavy atom. The van der Waals surface area contributed by atoms with Crippen LogP contribution in [0.5, 0.6) is 11.8 Å². The molecule has 2 aromatic carbocycles. The highest BCUT2D eigenvalue weighted by atomic mass is 32.2. The highest BCUT2D eigenvalue weighted by Crippen LogP contribution is 2.65. The predicted octanol–water partition coefficient (Wildman–Crippen LogP) is 4.39. The van der Waals surface area contributed by atoms with Gasteiger partial charge in [-0.05, 0) is 31.2 Å². The van der Waals surface area contributed by atoms with Crippen molar-refractivity contribution in [1.29, 1.82) is 0 Å². The zero-order valence-corrected chi connectivity index (χ0v) is 22.0. The quantitative estimate of drug-likeness (QED) is 0.308. The number of sulfone groups is 1. The molecule has 0 spiro atoms. The SMILES string of the molecule is [C-]#[N+]c1ccc(-n2c(O)c3c(c2O)C2(C)OC3(CCOC3=CS(=O)(=O)c4ccccc43)C[C@H]2O)c2cccnc12. The zero-order chi connectivity index (χ0) is 28.0. The number of hydrogen-bond acceptors (Lipinski definition) is 8. The number of rotatable bonds is 5. The van der Waals surface area contributed by atoms with E-state index in [1.54, 1.807) is 55.6 Å². The van der Waals surface area contributed by atoms with Gasteiger partial charge in [0, 0.05) is 30.0 Å². The van der Waals surface area contributed by atoms with Crippen molar-refractivity contribution in [2.45, 2.75) is 42.0 Å². The number of aromatic hydroxyl groups is 2. The molecule has 3 aliphatic rings. The number of hydrogen-bond donors (Lipinski definition) is 3. The van der Waals surface area contributed by atoms with Crippen molar-refractivity contribution < 1.29 is 33.2 Å². The van der Waals surface area contributed by atoms with Crippen LogP contribution in [-0.4, -0.2) is 46.0 Å². The largest absolute Gasteiger partial charge is 0.494 e. The van der Waals surface area contributed by atoms with E-state index in [1.807, 2.05) is 0 Å². The van der Waals surface area contributed by atoms with Gasteiger partial charge in [0.2, 0.25) is 27.3 Å². The molecule has 2 bridgehead atoms. The molecule has 3 aliphatic heterocycles. The smallest absolute Gasteiger partial charge is 0.213 e. The van der Waals surface area contributed by atoms with Crippen molar-refractivity contribution in [2.24, 2.45) is 0 Å². The van der Waals surface area contributed by atoms with E-state index in [9.17, 15) is 23.7 Å². The monoisotopic (exact) mass is 557 g/mol. The average molecular weight is 558 g/mol. The molecule has 5 heterocycles. The lowest BCUT2D eigenvalue weighted by atomic mass is 9.76. The van der Waals surface area contributed by atoms with Gasteiger partial charge in [0.25, 0.3) is 0 Å². The minimum Gasteiger partial charge on any atom is -0.494 e. The first-order chi connectivity index (χ1) is 19.1. The molecular weight excluding hydrogens is 534 g/mol. The molecule has 3 atom stereocenters. The molecule has 4 aromatic rings. The van der Waals surface area contributed by atoms with Crippen LogP contribution < -0.4 is 0 Å². The molecule has 1 saturated heterocycles. The lowest BCUT2D eigenvalue weighted by Gasteiger charge is -2.26. The fourth-order valence-corrected chi connectivity index (χ4v) is 7.75. The molecule has 202 valence electrons. The predicted molar refractivity (Wildman–Crippen MR) is 144 cm³/mol. The second-order valence-electron chi connectivity index (χ2n) is 10.4. The van der Waals surface area contributed by atoms with E-state index in [0.717, 1.165) is 5.41 Å². The number of aromatic nitrogens is 2. The van der Waals surface area contributed by atoms with Gasteiger partial charge in [-0.1, -0.05) is 24.3 Å². The molecule has 0 amide bonds. The van der Waals surface area contributed by atoms with E-state index < -0.39 is 27.1 Å². The van der Waals surface area contributed by atoms with E-state index in [-0.39, 0.29) is 47.4 Å². The highest BCUT2D eigenvalue weighted by Gasteiger charge is 2.66. The van der Waals surface area contributed by atoms with Gasteiger partial charge in [0.15, 0.2) is 0 Å². The van der Waals surface area contributed by atoms with Gasteiger partial charge >= 0.3 is 0 Å². The second kappa shape index (κ2) is 8.08. The van der Waals surface area contributed by atoms with Crippen molar-refractivity contribution >= 4 is 32.2 Å². The Morgan fingerprint density at radius 2 is 1.93 bits per heavy atom. The lowest BCUT2D eigenvalue weighted by Crippen LogP contribution is -2.33. The topological polar surface area (TPSA) is 135 Å². The van der Waals surface area contributed by atoms with Crippen LogP contribution >= 0.6 is 0 Å². The molecule has 2 unspecified atom stereocenters. The summed E-state index contributed by atoms with van der Waals surface area (Å²) in [5.41, 5.74) is -0.211. The van der Waals surface area contributed by atoms with Crippen molar-refractivity contribution in [1.82, 2.24) is 9.55 Å². The standard InChI is InChI=1S/C29H23N3O7S/c1-28-22(33)14-29(39-28,11-13-38-20-15-40(36,37)21-8-4-3-6-17(20)21)24-23(28)26(34)32(27(24)35)19-10-9-18(30-2)25-16(19)7-5-12-31-25/h3-10,12,15,22,33-35H,11,13-14H2,1H3/t22-,28?,29?/m1/s1. The number of fused-ring (bicyclic) bond motifs is 7. The maximum atomic E-state index is 12.5. The summed E-state index contributed by atoms with van der Waals surface area (Å²) in [6, 6.07) is 13.2. The number of aliphatic hydroxyl groups excluding tert-OH is 1. The summed E-state index contributed by atoms with van der Waals surface area (Å²) in [6.07, 6.45) is 0.905. The lowest BCUT2D eigenvalue weighted by molar-refractivity contribution is -0.108. The Labute approximate surface area is 229 Å². The minimum atomic E-state index is -3.60. The van der Waals surface area contributed by atoms with E-state index in [2.05, 4.69) is 9.83 Å². The van der Waals surface area contributed by atoms with Gasteiger partial charge in [-0.25, -0.2) is 13.3 Å². The third kappa shape index (κ3) is 3.09. The summed E-state index contributed by atoms with van der Waals surface area (Å²) < 4.78 is 38.6. The number of pyridine rings is 1. The maximum Gasteiger partial charge on any atom is 0.213 e. The van der Waals surface area contributed by atoms with Gasteiger partial charge in [-0.2, -0.15) is 0 Å². The summed E-state index contributed by atoms with van der Waals surface area (Å²) in [4.78, 5) is 8.03. The molecule has 40 heavy (non-hydrogen) atoms. The zero-order valence-electron chi connectivity index (χ0n) is 21.2. The molecule has 2 aromatic heterocycles. The molecule has 0 aliphatic carbocycles. The normalized spacial score (nSPS) is 25.4. The molecule has 10 nitrogen and oxygen atoms in total. The summed E-state index contributed by atoms with van der Waals surface area (Å²) in [5, 5.41) is 35.8. The van der Waals surface area contributed by atoms with E-state index in [0.29, 0.717) is 33.4 Å². The molecule has 0 radical (unpaired) electrons. The summed E-state index contributed by atoms with van der Waals surface area (Å²) >= 11 is 0. The first-order valence-electron chi connectivity index (χ1n) is 12.6. The molecule has 11 heteroatoms. The van der Waals surface area contributed by atoms with Crippen LogP contribution in [0.25, 0.3) is 27.2 Å². The molecule has 1 fully saturated rings. The van der Waals surface area contributed by atoms with Crippen LogP contribution in [0.1, 0.15) is 36.5 Å². The molecule has 3 N–H and O–H groups in total. The fraction of sp³-hybridized carbons (Fsp3) is 0.241. The van der Waals surface area contributed by atoms with Crippen LogP contribution in [0.2, 0.25) is 0 Å². The Kier molecular flexibility index (Phi) is 4.98. The number of aliphatic hydroxyl groups is 1. The summed E-state index contributed by atoms with van der Waals surface area (Å²) in [5.74, 6) is -0.317. The number of nitrogens with zero attached hydrogens (tertiary/aromatic N) is 3. The number of ether oxygens (including phenoxy) is 2. The third-order valence-corrected chi connectivity index (χ3v) is 9.70. The van der Waals surface area contributed by atoms with Crippen molar-refractivity contribution in [3.8, 4) is 17.4 Å². The highest BCUT2D eigenvalue weighted by molar-refractivity contribution is 7.94. The Hall–Kier alpha value is -4.37. The second-order valence-corrected chi connectivity index (χ2v) is 12.2. The van der Waals surface area contributed by atoms with Crippen molar-refractivity contribution in [3.05, 3.63) is 88.2 Å². The van der Waals surface area contributed by atoms with E-state index in [1.165, 1.54) is 10.6 Å². The summed E-state index contributed by atoms with van der Waals surface area (Å²) in [6.45, 7) is 9.16. The van der Waals surface area contributed by atoms with Gasteiger partial charge in [-0.3, -0.25) is 9.55 Å². The molecular formula is C29H23N3O7S. The van der Waals surface area contributed by atoms with Crippen LogP contribution in [0, 0.1) is 6.57 Å². The van der Waals surface area contributed by atoms with Crippen LogP contribution in [-0.2, 0) is 30.5 Å². The van der Waals surface area contributed by atoms with Gasteiger partial charge in [-0.15, -0.1) is 0 Å². The van der Waals surface area contributed by atoms with E-state index >= 15 is 0 Å². The Bertz CT molecular complexity index is 1940. The van der Waals surface area contributed by atoms with E-state index in [4.69, 9.17) is 16.0 Å². The van der Waals surface area contributed by atoms with Crippen molar-refractivity contribution in [2.75, 3.05) is 6.61 Å². The third-order valence-electron chi connectivity index (χ3n) is 8.21. The van der Waals surface area contributed by atoms with Crippen LogP contribution in [0.15, 0.2) is 65.0 Å². The van der Waals surface area contributed by atoms with Crippen LogP contribution in [0.4, 0.5) is 5.69 Å². The molecule has 0 saturated carbocycles. The minimum absolute atomic E-state index is 0.0237. The number of benzene rings is 2. The Morgan fingerprint density at radius 3 is 2.73 bits per heavy atom. The van der Waals surface area contributed by atoms with Gasteiger partial charge in [0.05, 0.1) is 51.9 Å². The molecule has 7 rings (SSSR count). The Balaban J connectivity index is 1.30. The van der Waals surface area contributed by atoms with Gasteiger partial charge in [0.1, 0.15) is 17.0 Å². The van der Waals surface area contributed by atoms with Gasteiger partial charge < -0.3 is 24.8 Å². The maximum absolute atomic E-state index is 12.5. The summed E-state index contributed by atoms with van der Waals surface area (Å²) in [7, 11) is -3.60. The first kappa shape index (κ1) is 24.7.